The Kier molecular flexibility index (Phi) is 4.24. The Hall–Kier alpha value is -1.36. The minimum absolute atomic E-state index is 0.197. The van der Waals surface area contributed by atoms with Gasteiger partial charge in [-0.15, -0.1) is 11.8 Å². The van der Waals surface area contributed by atoms with Crippen LogP contribution in [0.4, 0.5) is 0 Å². The lowest BCUT2D eigenvalue weighted by atomic mass is 9.97. The Morgan fingerprint density at radius 1 is 1.32 bits per heavy atom. The number of esters is 1. The van der Waals surface area contributed by atoms with E-state index in [1.165, 1.54) is 7.11 Å². The van der Waals surface area contributed by atoms with Gasteiger partial charge in [0.2, 0.25) is 0 Å². The van der Waals surface area contributed by atoms with Crippen LogP contribution in [0.15, 0.2) is 23.1 Å². The van der Waals surface area contributed by atoms with Gasteiger partial charge in [0.1, 0.15) is 13.2 Å². The van der Waals surface area contributed by atoms with Crippen molar-refractivity contribution in [3.63, 3.8) is 0 Å². The second-order valence-corrected chi connectivity index (χ2v) is 6.02. The summed E-state index contributed by atoms with van der Waals surface area (Å²) in [6.45, 7) is 4.93. The van der Waals surface area contributed by atoms with Crippen molar-refractivity contribution in [2.24, 2.45) is 5.41 Å². The van der Waals surface area contributed by atoms with E-state index < -0.39 is 5.41 Å². The molecule has 1 aromatic rings. The lowest BCUT2D eigenvalue weighted by Crippen LogP contribution is -2.28. The summed E-state index contributed by atoms with van der Waals surface area (Å²) < 4.78 is 15.8. The van der Waals surface area contributed by atoms with Crippen LogP contribution in [-0.4, -0.2) is 32.0 Å². The second-order valence-electron chi connectivity index (χ2n) is 4.97. The van der Waals surface area contributed by atoms with E-state index in [-0.39, 0.29) is 5.97 Å². The summed E-state index contributed by atoms with van der Waals surface area (Å²) in [6.07, 6.45) is 0. The summed E-state index contributed by atoms with van der Waals surface area (Å²) in [4.78, 5) is 12.7. The third-order valence-electron chi connectivity index (χ3n) is 2.85. The van der Waals surface area contributed by atoms with Crippen LogP contribution in [0.1, 0.15) is 13.8 Å². The third kappa shape index (κ3) is 3.35. The number of rotatable bonds is 4. The molecule has 0 bridgehead atoms. The van der Waals surface area contributed by atoms with Crippen LogP contribution in [0, 0.1) is 5.41 Å². The van der Waals surface area contributed by atoms with Crippen molar-refractivity contribution < 1.29 is 19.0 Å². The molecule has 0 aromatic heterocycles. The molecule has 2 rings (SSSR count). The van der Waals surface area contributed by atoms with Gasteiger partial charge in [-0.25, -0.2) is 0 Å². The molecule has 5 heteroatoms. The molecule has 0 N–H and O–H groups in total. The molecule has 0 saturated carbocycles. The third-order valence-corrected chi connectivity index (χ3v) is 4.30. The molecular weight excluding hydrogens is 264 g/mol. The Morgan fingerprint density at radius 2 is 2.00 bits per heavy atom. The summed E-state index contributed by atoms with van der Waals surface area (Å²) >= 11 is 1.61. The number of benzene rings is 1. The van der Waals surface area contributed by atoms with Gasteiger partial charge in [0.15, 0.2) is 11.5 Å². The van der Waals surface area contributed by atoms with E-state index in [2.05, 4.69) is 0 Å². The van der Waals surface area contributed by atoms with Crippen molar-refractivity contribution in [3.8, 4) is 11.5 Å². The second kappa shape index (κ2) is 5.74. The van der Waals surface area contributed by atoms with E-state index in [0.29, 0.717) is 19.0 Å². The summed E-state index contributed by atoms with van der Waals surface area (Å²) in [7, 11) is 1.42. The zero-order chi connectivity index (χ0) is 13.9. The largest absolute Gasteiger partial charge is 0.486 e. The standard InChI is InChI=1S/C14H18O4S/c1-14(2,13(15)16-3)9-19-10-4-5-11-12(8-10)18-7-6-17-11/h4-5,8H,6-7,9H2,1-3H3. The van der Waals surface area contributed by atoms with Crippen LogP contribution in [0.25, 0.3) is 0 Å². The van der Waals surface area contributed by atoms with Gasteiger partial charge < -0.3 is 14.2 Å². The summed E-state index contributed by atoms with van der Waals surface area (Å²) in [5, 5.41) is 0. The lowest BCUT2D eigenvalue weighted by molar-refractivity contribution is -0.149. The molecule has 1 aliphatic rings. The highest BCUT2D eigenvalue weighted by Gasteiger charge is 2.28. The molecule has 104 valence electrons. The minimum atomic E-state index is -0.507. The van der Waals surface area contributed by atoms with Crippen molar-refractivity contribution in [1.29, 1.82) is 0 Å². The zero-order valence-corrected chi connectivity index (χ0v) is 12.2. The quantitative estimate of drug-likeness (QED) is 0.627. The monoisotopic (exact) mass is 282 g/mol. The van der Waals surface area contributed by atoms with Gasteiger partial charge in [0.25, 0.3) is 0 Å². The number of thioether (sulfide) groups is 1. The number of methoxy groups -OCH3 is 1. The van der Waals surface area contributed by atoms with Crippen LogP contribution in [0.3, 0.4) is 0 Å². The molecular formula is C14H18O4S. The van der Waals surface area contributed by atoms with Crippen molar-refractivity contribution in [2.75, 3.05) is 26.1 Å². The van der Waals surface area contributed by atoms with Crippen LogP contribution >= 0.6 is 11.8 Å². The Balaban J connectivity index is 2.02. The van der Waals surface area contributed by atoms with E-state index in [9.17, 15) is 4.79 Å². The number of hydrogen-bond donors (Lipinski definition) is 0. The predicted molar refractivity (Wildman–Crippen MR) is 74.0 cm³/mol. The first-order valence-corrected chi connectivity index (χ1v) is 7.12. The van der Waals surface area contributed by atoms with Gasteiger partial charge in [-0.1, -0.05) is 0 Å². The average molecular weight is 282 g/mol. The normalized spacial score (nSPS) is 14.1. The highest BCUT2D eigenvalue weighted by atomic mass is 32.2. The number of fused-ring (bicyclic) bond motifs is 1. The molecule has 4 nitrogen and oxygen atoms in total. The number of hydrogen-bond acceptors (Lipinski definition) is 5. The van der Waals surface area contributed by atoms with Gasteiger partial charge in [0, 0.05) is 10.6 Å². The first kappa shape index (κ1) is 14.1. The molecule has 0 unspecified atom stereocenters. The molecule has 19 heavy (non-hydrogen) atoms. The molecule has 0 atom stereocenters. The molecule has 0 fully saturated rings. The summed E-state index contributed by atoms with van der Waals surface area (Å²) in [5.74, 6) is 2.01. The average Bonchev–Trinajstić information content (AvgIpc) is 2.44. The maximum atomic E-state index is 11.6. The minimum Gasteiger partial charge on any atom is -0.486 e. The van der Waals surface area contributed by atoms with Gasteiger partial charge in [-0.05, 0) is 32.0 Å². The molecule has 1 aliphatic heterocycles. The first-order chi connectivity index (χ1) is 9.03. The van der Waals surface area contributed by atoms with Gasteiger partial charge in [-0.3, -0.25) is 4.79 Å². The Bertz CT molecular complexity index is 471. The molecule has 0 spiro atoms. The van der Waals surface area contributed by atoms with Crippen LogP contribution in [0.5, 0.6) is 11.5 Å². The molecule has 0 aliphatic carbocycles. The Morgan fingerprint density at radius 3 is 2.68 bits per heavy atom. The fourth-order valence-corrected chi connectivity index (χ4v) is 2.71. The number of ether oxygens (including phenoxy) is 3. The molecule has 1 aromatic carbocycles. The van der Waals surface area contributed by atoms with Crippen LogP contribution in [-0.2, 0) is 9.53 Å². The molecule has 1 heterocycles. The summed E-state index contributed by atoms with van der Waals surface area (Å²) in [5.41, 5.74) is -0.507. The highest BCUT2D eigenvalue weighted by molar-refractivity contribution is 7.99. The fourth-order valence-electron chi connectivity index (χ4n) is 1.71. The molecule has 0 amide bonds. The van der Waals surface area contributed by atoms with Crippen molar-refractivity contribution in [3.05, 3.63) is 18.2 Å². The van der Waals surface area contributed by atoms with Gasteiger partial charge in [-0.2, -0.15) is 0 Å². The van der Waals surface area contributed by atoms with Crippen LogP contribution in [0.2, 0.25) is 0 Å². The fraction of sp³-hybridized carbons (Fsp3) is 0.500. The topological polar surface area (TPSA) is 44.8 Å². The maximum Gasteiger partial charge on any atom is 0.312 e. The maximum absolute atomic E-state index is 11.6. The summed E-state index contributed by atoms with van der Waals surface area (Å²) in [6, 6.07) is 5.83. The predicted octanol–water partition coefficient (Wildman–Crippen LogP) is 2.75. The number of carbonyl (C=O) groups is 1. The van der Waals surface area contributed by atoms with E-state index in [1.54, 1.807) is 11.8 Å². The van der Waals surface area contributed by atoms with Crippen molar-refractivity contribution >= 4 is 17.7 Å². The van der Waals surface area contributed by atoms with E-state index in [0.717, 1.165) is 16.4 Å². The highest BCUT2D eigenvalue weighted by Crippen LogP contribution is 2.36. The van der Waals surface area contributed by atoms with E-state index in [4.69, 9.17) is 14.2 Å². The van der Waals surface area contributed by atoms with E-state index in [1.807, 2.05) is 32.0 Å². The number of carbonyl (C=O) groups excluding carboxylic acids is 1. The van der Waals surface area contributed by atoms with Gasteiger partial charge in [0.05, 0.1) is 12.5 Å². The van der Waals surface area contributed by atoms with Gasteiger partial charge >= 0.3 is 5.97 Å². The van der Waals surface area contributed by atoms with Crippen molar-refractivity contribution in [1.82, 2.24) is 0 Å². The lowest BCUT2D eigenvalue weighted by Gasteiger charge is -2.22. The van der Waals surface area contributed by atoms with E-state index >= 15 is 0 Å². The molecule has 0 saturated heterocycles. The van der Waals surface area contributed by atoms with Crippen molar-refractivity contribution in [2.45, 2.75) is 18.7 Å². The smallest absolute Gasteiger partial charge is 0.312 e. The Labute approximate surface area is 117 Å². The SMILES string of the molecule is COC(=O)C(C)(C)CSc1ccc2c(c1)OCCO2. The molecule has 0 radical (unpaired) electrons. The first-order valence-electron chi connectivity index (χ1n) is 6.14. The van der Waals surface area contributed by atoms with Crippen LogP contribution < -0.4 is 9.47 Å². The zero-order valence-electron chi connectivity index (χ0n) is 11.4.